The molecule has 0 atom stereocenters. The predicted molar refractivity (Wildman–Crippen MR) is 59.4 cm³/mol. The molecule has 2 N–H and O–H groups in total. The van der Waals surface area contributed by atoms with Crippen molar-refractivity contribution in [2.75, 3.05) is 7.11 Å². The van der Waals surface area contributed by atoms with Crippen LogP contribution in [-0.4, -0.2) is 12.1 Å². The van der Waals surface area contributed by atoms with Crippen LogP contribution in [0.25, 0.3) is 0 Å². The summed E-state index contributed by atoms with van der Waals surface area (Å²) in [6, 6.07) is 0. The number of hydrogen-bond donors (Lipinski definition) is 1. The summed E-state index contributed by atoms with van der Waals surface area (Å²) in [6.45, 7) is 7.57. The maximum Gasteiger partial charge on any atom is 0.0986 e. The van der Waals surface area contributed by atoms with Crippen LogP contribution in [0, 0.1) is 0 Å². The van der Waals surface area contributed by atoms with E-state index in [9.17, 15) is 0 Å². The van der Waals surface area contributed by atoms with Crippen molar-refractivity contribution < 1.29 is 4.74 Å². The summed E-state index contributed by atoms with van der Waals surface area (Å²) in [5, 5.41) is 1.13. The molecule has 0 saturated carbocycles. The minimum Gasteiger partial charge on any atom is -0.378 e. The highest BCUT2D eigenvalue weighted by molar-refractivity contribution is 7.11. The zero-order valence-electron chi connectivity index (χ0n) is 9.26. The van der Waals surface area contributed by atoms with Crippen molar-refractivity contribution in [3.05, 3.63) is 15.6 Å². The third-order valence-corrected chi connectivity index (χ3v) is 3.43. The number of nitrogens with zero attached hydrogens (tertiary/aromatic N) is 1. The van der Waals surface area contributed by atoms with Gasteiger partial charge >= 0.3 is 0 Å². The van der Waals surface area contributed by atoms with E-state index in [0.29, 0.717) is 13.2 Å². The molecule has 0 amide bonds. The Morgan fingerprint density at radius 3 is 2.50 bits per heavy atom. The lowest BCUT2D eigenvalue weighted by Crippen LogP contribution is -2.10. The Bertz CT molecular complexity index is 302. The third-order valence-electron chi connectivity index (χ3n) is 1.89. The Balaban J connectivity index is 3.00. The molecule has 1 rings (SSSR count). The van der Waals surface area contributed by atoms with Crippen LogP contribution in [0.15, 0.2) is 0 Å². The van der Waals surface area contributed by atoms with Gasteiger partial charge in [0, 0.05) is 23.9 Å². The quantitative estimate of drug-likeness (QED) is 0.837. The van der Waals surface area contributed by atoms with E-state index >= 15 is 0 Å². The van der Waals surface area contributed by atoms with Crippen LogP contribution >= 0.6 is 11.3 Å². The van der Waals surface area contributed by atoms with Gasteiger partial charge in [0.15, 0.2) is 0 Å². The second kappa shape index (κ2) is 4.38. The van der Waals surface area contributed by atoms with Crippen molar-refractivity contribution in [3.63, 3.8) is 0 Å². The van der Waals surface area contributed by atoms with E-state index in [1.54, 1.807) is 18.4 Å². The second-order valence-electron chi connectivity index (χ2n) is 4.28. The van der Waals surface area contributed by atoms with Crippen LogP contribution < -0.4 is 5.73 Å². The summed E-state index contributed by atoms with van der Waals surface area (Å²) in [4.78, 5) is 5.69. The molecule has 0 fully saturated rings. The monoisotopic (exact) mass is 214 g/mol. The Morgan fingerprint density at radius 2 is 2.07 bits per heavy atom. The summed E-state index contributed by atoms with van der Waals surface area (Å²) in [6.07, 6.45) is 0. The first-order valence-electron chi connectivity index (χ1n) is 4.67. The molecule has 0 aromatic carbocycles. The van der Waals surface area contributed by atoms with Gasteiger partial charge < -0.3 is 10.5 Å². The molecule has 4 heteroatoms. The Labute approximate surface area is 89.3 Å². The smallest absolute Gasteiger partial charge is 0.0986 e. The van der Waals surface area contributed by atoms with Crippen LogP contribution in [0.5, 0.6) is 0 Å². The maximum absolute atomic E-state index is 5.65. The topological polar surface area (TPSA) is 48.1 Å². The van der Waals surface area contributed by atoms with Crippen molar-refractivity contribution in [1.29, 1.82) is 0 Å². The fourth-order valence-corrected chi connectivity index (χ4v) is 2.11. The van der Waals surface area contributed by atoms with Crippen LogP contribution in [0.3, 0.4) is 0 Å². The maximum atomic E-state index is 5.65. The fraction of sp³-hybridized carbons (Fsp3) is 0.700. The molecule has 14 heavy (non-hydrogen) atoms. The van der Waals surface area contributed by atoms with E-state index in [2.05, 4.69) is 25.8 Å². The molecule has 0 aliphatic rings. The van der Waals surface area contributed by atoms with Gasteiger partial charge in [-0.3, -0.25) is 0 Å². The van der Waals surface area contributed by atoms with Gasteiger partial charge in [-0.05, 0) is 0 Å². The molecule has 0 saturated heterocycles. The molecule has 0 spiro atoms. The van der Waals surface area contributed by atoms with E-state index < -0.39 is 0 Å². The number of nitrogens with two attached hydrogens (primary N) is 1. The van der Waals surface area contributed by atoms with Crippen molar-refractivity contribution in [3.8, 4) is 0 Å². The summed E-state index contributed by atoms with van der Waals surface area (Å²) in [5.41, 5.74) is 6.74. The minimum atomic E-state index is 0.0978. The number of methoxy groups -OCH3 is 1. The van der Waals surface area contributed by atoms with Crippen LogP contribution in [0.1, 0.15) is 36.3 Å². The fourth-order valence-electron chi connectivity index (χ4n) is 1.11. The molecule has 0 radical (unpaired) electrons. The lowest BCUT2D eigenvalue weighted by atomic mass is 9.98. The first kappa shape index (κ1) is 11.6. The molecule has 1 heterocycles. The van der Waals surface area contributed by atoms with Gasteiger partial charge in [-0.1, -0.05) is 20.8 Å². The molecule has 3 nitrogen and oxygen atoms in total. The van der Waals surface area contributed by atoms with Gasteiger partial charge in [0.05, 0.1) is 17.3 Å². The van der Waals surface area contributed by atoms with Gasteiger partial charge in [0.2, 0.25) is 0 Å². The van der Waals surface area contributed by atoms with Crippen LogP contribution in [-0.2, 0) is 23.3 Å². The Kier molecular flexibility index (Phi) is 3.64. The molecular weight excluding hydrogens is 196 g/mol. The van der Waals surface area contributed by atoms with E-state index in [1.165, 1.54) is 0 Å². The first-order chi connectivity index (χ1) is 6.49. The highest BCUT2D eigenvalue weighted by atomic mass is 32.1. The second-order valence-corrected chi connectivity index (χ2v) is 5.36. The van der Waals surface area contributed by atoms with Crippen LogP contribution in [0.4, 0.5) is 0 Å². The highest BCUT2D eigenvalue weighted by Crippen LogP contribution is 2.29. The average molecular weight is 214 g/mol. The van der Waals surface area contributed by atoms with Crippen molar-refractivity contribution in [2.24, 2.45) is 5.73 Å². The molecule has 1 aromatic heterocycles. The summed E-state index contributed by atoms with van der Waals surface area (Å²) >= 11 is 1.69. The Hall–Kier alpha value is -0.450. The van der Waals surface area contributed by atoms with Gasteiger partial charge in [-0.2, -0.15) is 0 Å². The Morgan fingerprint density at radius 1 is 1.43 bits per heavy atom. The van der Waals surface area contributed by atoms with Gasteiger partial charge in [0.25, 0.3) is 0 Å². The van der Waals surface area contributed by atoms with E-state index in [-0.39, 0.29) is 5.41 Å². The van der Waals surface area contributed by atoms with Gasteiger partial charge in [-0.25, -0.2) is 4.98 Å². The molecular formula is C10H18N2OS. The number of thiazole rings is 1. The molecule has 0 bridgehead atoms. The summed E-state index contributed by atoms with van der Waals surface area (Å²) < 4.78 is 5.08. The average Bonchev–Trinajstić information content (AvgIpc) is 2.47. The zero-order chi connectivity index (χ0) is 10.8. The number of ether oxygens (including phenoxy) is 1. The molecule has 0 aliphatic carbocycles. The number of hydrogen-bond acceptors (Lipinski definition) is 4. The largest absolute Gasteiger partial charge is 0.378 e. The highest BCUT2D eigenvalue weighted by Gasteiger charge is 2.20. The minimum absolute atomic E-state index is 0.0978. The lowest BCUT2D eigenvalue weighted by molar-refractivity contribution is 0.181. The summed E-state index contributed by atoms with van der Waals surface area (Å²) in [7, 11) is 1.68. The first-order valence-corrected chi connectivity index (χ1v) is 5.48. The summed E-state index contributed by atoms with van der Waals surface area (Å²) in [5.74, 6) is 0. The third kappa shape index (κ3) is 2.53. The predicted octanol–water partition coefficient (Wildman–Crippen LogP) is 2.05. The van der Waals surface area contributed by atoms with Gasteiger partial charge in [0.1, 0.15) is 0 Å². The molecule has 0 unspecified atom stereocenters. The lowest BCUT2D eigenvalue weighted by Gasteiger charge is -2.13. The van der Waals surface area contributed by atoms with Crippen molar-refractivity contribution >= 4 is 11.3 Å². The van der Waals surface area contributed by atoms with E-state index in [4.69, 9.17) is 10.5 Å². The normalized spacial score (nSPS) is 12.1. The van der Waals surface area contributed by atoms with E-state index in [0.717, 1.165) is 15.6 Å². The molecule has 80 valence electrons. The number of rotatable bonds is 3. The van der Waals surface area contributed by atoms with Gasteiger partial charge in [-0.15, -0.1) is 11.3 Å². The SMILES string of the molecule is COCc1nc(C(C)(C)C)sc1CN. The van der Waals surface area contributed by atoms with Crippen molar-refractivity contribution in [2.45, 2.75) is 39.3 Å². The standard InChI is InChI=1S/C10H18N2OS/c1-10(2,3)9-12-7(6-13-4)8(5-11)14-9/h5-6,11H2,1-4H3. The number of aromatic nitrogens is 1. The van der Waals surface area contributed by atoms with Crippen LogP contribution in [0.2, 0.25) is 0 Å². The zero-order valence-corrected chi connectivity index (χ0v) is 10.1. The molecule has 0 aliphatic heterocycles. The van der Waals surface area contributed by atoms with E-state index in [1.807, 2.05) is 0 Å². The molecule has 1 aromatic rings. The van der Waals surface area contributed by atoms with Crippen molar-refractivity contribution in [1.82, 2.24) is 4.98 Å².